The molecule has 0 bridgehead atoms. The summed E-state index contributed by atoms with van der Waals surface area (Å²) in [6.07, 6.45) is 2.71. The van der Waals surface area contributed by atoms with Crippen molar-refractivity contribution in [2.75, 3.05) is 18.1 Å². The highest BCUT2D eigenvalue weighted by atomic mass is 32.2. The number of amides is 1. The maximum Gasteiger partial charge on any atom is 0.267 e. The minimum Gasteiger partial charge on any atom is -0.321 e. The van der Waals surface area contributed by atoms with Gasteiger partial charge in [0.25, 0.3) is 5.91 Å². The van der Waals surface area contributed by atoms with Gasteiger partial charge in [-0.25, -0.2) is 8.42 Å². The van der Waals surface area contributed by atoms with Crippen molar-refractivity contribution in [2.24, 2.45) is 0 Å². The Morgan fingerprint density at radius 3 is 2.57 bits per heavy atom. The number of anilines is 1. The highest BCUT2D eigenvalue weighted by Crippen LogP contribution is 2.30. The largest absolute Gasteiger partial charge is 0.321 e. The van der Waals surface area contributed by atoms with E-state index in [1.54, 1.807) is 17.1 Å². The Labute approximate surface area is 185 Å². The number of hydrogen-bond donors (Lipinski definition) is 1. The van der Waals surface area contributed by atoms with Gasteiger partial charge >= 0.3 is 0 Å². The molecule has 8 heteroatoms. The van der Waals surface area contributed by atoms with Crippen molar-refractivity contribution in [3.8, 4) is 0 Å². The first kappa shape index (κ1) is 21.1. The van der Waals surface area contributed by atoms with Gasteiger partial charge in [0.1, 0.15) is 9.77 Å². The van der Waals surface area contributed by atoms with Gasteiger partial charge in [-0.05, 0) is 52.9 Å². The fourth-order valence-corrected chi connectivity index (χ4v) is 6.76. The summed E-state index contributed by atoms with van der Waals surface area (Å²) in [7, 11) is -3.76. The third kappa shape index (κ3) is 4.32. The normalized spacial score (nSPS) is 14.3. The minimum absolute atomic E-state index is 0.0726. The van der Waals surface area contributed by atoms with Crippen LogP contribution < -0.4 is 5.32 Å². The Balaban J connectivity index is 1.54. The molecule has 156 valence electrons. The zero-order valence-electron chi connectivity index (χ0n) is 16.5. The number of nitrogens with zero attached hydrogens (tertiary/aromatic N) is 1. The molecular weight excluding hydrogens is 436 g/mol. The Morgan fingerprint density at radius 1 is 1.10 bits per heavy atom. The van der Waals surface area contributed by atoms with Gasteiger partial charge in [-0.3, -0.25) is 4.79 Å². The Morgan fingerprint density at radius 2 is 1.83 bits per heavy atom. The lowest BCUT2D eigenvalue weighted by Crippen LogP contribution is -2.36. The maximum absolute atomic E-state index is 13.3. The topological polar surface area (TPSA) is 66.5 Å². The second kappa shape index (κ2) is 8.93. The van der Waals surface area contributed by atoms with Crippen LogP contribution in [0, 0.1) is 0 Å². The monoisotopic (exact) mass is 458 g/mol. The van der Waals surface area contributed by atoms with E-state index in [1.165, 1.54) is 21.5 Å². The number of carbonyl (C=O) groups excluding carboxylic acids is 1. The number of hydrogen-bond acceptors (Lipinski definition) is 5. The summed E-state index contributed by atoms with van der Waals surface area (Å²) in [6, 6.07) is 17.0. The molecule has 1 amide bonds. The molecular formula is C22H22N2O3S3. The predicted octanol–water partition coefficient (Wildman–Crippen LogP) is 4.61. The molecule has 2 aromatic carbocycles. The summed E-state index contributed by atoms with van der Waals surface area (Å²) in [5.41, 5.74) is 4.01. The average Bonchev–Trinajstić information content (AvgIpc) is 3.26. The van der Waals surface area contributed by atoms with Crippen LogP contribution >= 0.6 is 23.1 Å². The molecule has 0 spiro atoms. The summed E-state index contributed by atoms with van der Waals surface area (Å²) >= 11 is 2.87. The molecule has 0 radical (unpaired) electrons. The number of nitrogens with one attached hydrogen (secondary N) is 1. The van der Waals surface area contributed by atoms with Crippen LogP contribution in [-0.2, 0) is 28.7 Å². The molecule has 1 N–H and O–H groups in total. The molecule has 0 saturated carbocycles. The van der Waals surface area contributed by atoms with Crippen LogP contribution in [-0.4, -0.2) is 31.4 Å². The smallest absolute Gasteiger partial charge is 0.267 e. The average molecular weight is 459 g/mol. The Kier molecular flexibility index (Phi) is 6.29. The summed E-state index contributed by atoms with van der Waals surface area (Å²) in [5, 5.41) is 4.48. The second-order valence-electron chi connectivity index (χ2n) is 7.06. The van der Waals surface area contributed by atoms with E-state index < -0.39 is 15.9 Å². The number of thioether (sulfide) groups is 1. The highest BCUT2D eigenvalue weighted by molar-refractivity contribution is 7.97. The fourth-order valence-electron chi connectivity index (χ4n) is 3.52. The van der Waals surface area contributed by atoms with Gasteiger partial charge in [-0.1, -0.05) is 36.4 Å². The van der Waals surface area contributed by atoms with E-state index in [4.69, 9.17) is 0 Å². The van der Waals surface area contributed by atoms with Gasteiger partial charge in [0.15, 0.2) is 0 Å². The van der Waals surface area contributed by atoms with Gasteiger partial charge in [0.2, 0.25) is 10.0 Å². The molecule has 30 heavy (non-hydrogen) atoms. The van der Waals surface area contributed by atoms with Crippen LogP contribution in [0.3, 0.4) is 0 Å². The highest BCUT2D eigenvalue weighted by Gasteiger charge is 2.32. The first-order valence-electron chi connectivity index (χ1n) is 9.52. The number of carbonyl (C=O) groups is 1. The molecule has 0 aliphatic carbocycles. The van der Waals surface area contributed by atoms with E-state index >= 15 is 0 Å². The van der Waals surface area contributed by atoms with E-state index in [1.807, 2.05) is 54.8 Å². The number of rotatable bonds is 6. The number of thiophene rings is 1. The zero-order valence-corrected chi connectivity index (χ0v) is 18.9. The first-order chi connectivity index (χ1) is 14.5. The molecule has 0 fully saturated rings. The molecule has 1 aliphatic heterocycles. The van der Waals surface area contributed by atoms with Gasteiger partial charge in [0.05, 0.1) is 0 Å². The van der Waals surface area contributed by atoms with Gasteiger partial charge in [0, 0.05) is 24.5 Å². The van der Waals surface area contributed by atoms with Crippen molar-refractivity contribution in [3.63, 3.8) is 0 Å². The molecule has 1 aromatic heterocycles. The standard InChI is InChI=1S/C22H22N2O3S3/c1-28-15-16-6-8-19(9-7-16)23-22(25)21-20(11-13-29-21)30(26,27)24-12-10-17-4-2-3-5-18(17)14-24/h2-9,11,13H,10,12,14-15H2,1H3,(H,23,25). The van der Waals surface area contributed by atoms with Crippen LogP contribution in [0.15, 0.2) is 64.9 Å². The second-order valence-corrected chi connectivity index (χ2v) is 10.7. The molecule has 4 rings (SSSR count). The zero-order chi connectivity index (χ0) is 21.1. The van der Waals surface area contributed by atoms with E-state index in [0.717, 1.165) is 22.7 Å². The fraction of sp³-hybridized carbons (Fsp3) is 0.227. The Hall–Kier alpha value is -2.13. The summed E-state index contributed by atoms with van der Waals surface area (Å²) < 4.78 is 28.1. The van der Waals surface area contributed by atoms with Crippen molar-refractivity contribution < 1.29 is 13.2 Å². The van der Waals surface area contributed by atoms with Crippen LogP contribution in [0.4, 0.5) is 5.69 Å². The number of sulfonamides is 1. The minimum atomic E-state index is -3.76. The molecule has 5 nitrogen and oxygen atoms in total. The SMILES string of the molecule is CSCc1ccc(NC(=O)c2sccc2S(=O)(=O)N2CCc3ccccc3C2)cc1. The molecule has 2 heterocycles. The van der Waals surface area contributed by atoms with E-state index in [-0.39, 0.29) is 9.77 Å². The lowest BCUT2D eigenvalue weighted by atomic mass is 10.0. The molecule has 3 aromatic rings. The number of fused-ring (bicyclic) bond motifs is 1. The molecule has 0 saturated heterocycles. The summed E-state index contributed by atoms with van der Waals surface area (Å²) in [4.78, 5) is 13.1. The third-order valence-corrected chi connectivity index (χ3v) is 8.62. The van der Waals surface area contributed by atoms with Gasteiger partial charge in [-0.2, -0.15) is 16.1 Å². The summed E-state index contributed by atoms with van der Waals surface area (Å²) in [6.45, 7) is 0.736. The van der Waals surface area contributed by atoms with Crippen molar-refractivity contribution in [1.82, 2.24) is 4.31 Å². The van der Waals surface area contributed by atoms with E-state index in [2.05, 4.69) is 5.32 Å². The molecule has 0 unspecified atom stereocenters. The third-order valence-electron chi connectivity index (χ3n) is 5.07. The van der Waals surface area contributed by atoms with Gasteiger partial charge < -0.3 is 5.32 Å². The van der Waals surface area contributed by atoms with Crippen molar-refractivity contribution in [3.05, 3.63) is 81.5 Å². The predicted molar refractivity (Wildman–Crippen MR) is 124 cm³/mol. The van der Waals surface area contributed by atoms with Crippen molar-refractivity contribution in [2.45, 2.75) is 23.6 Å². The summed E-state index contributed by atoms with van der Waals surface area (Å²) in [5.74, 6) is 0.499. The van der Waals surface area contributed by atoms with Crippen LogP contribution in [0.1, 0.15) is 26.4 Å². The van der Waals surface area contributed by atoms with Crippen LogP contribution in [0.25, 0.3) is 0 Å². The van der Waals surface area contributed by atoms with E-state index in [9.17, 15) is 13.2 Å². The number of benzene rings is 2. The van der Waals surface area contributed by atoms with Crippen LogP contribution in [0.2, 0.25) is 0 Å². The maximum atomic E-state index is 13.3. The van der Waals surface area contributed by atoms with E-state index in [0.29, 0.717) is 25.2 Å². The lowest BCUT2D eigenvalue weighted by molar-refractivity contribution is 0.102. The quantitative estimate of drug-likeness (QED) is 0.586. The van der Waals surface area contributed by atoms with Crippen molar-refractivity contribution >= 4 is 44.7 Å². The van der Waals surface area contributed by atoms with Crippen molar-refractivity contribution in [1.29, 1.82) is 0 Å². The van der Waals surface area contributed by atoms with Crippen LogP contribution in [0.5, 0.6) is 0 Å². The first-order valence-corrected chi connectivity index (χ1v) is 13.2. The molecule has 0 atom stereocenters. The lowest BCUT2D eigenvalue weighted by Gasteiger charge is -2.28. The molecule has 1 aliphatic rings. The van der Waals surface area contributed by atoms with Gasteiger partial charge in [-0.15, -0.1) is 11.3 Å². The Bertz CT molecular complexity index is 1150.